The normalized spacial score (nSPS) is 11.8. The smallest absolute Gasteiger partial charge is 0.155 e. The predicted octanol–water partition coefficient (Wildman–Crippen LogP) is 2.67. The molecule has 0 atom stereocenters. The molecular weight excluding hydrogens is 200 g/mol. The molecular formula is C10H15ClN2O. The monoisotopic (exact) mass is 214 g/mol. The maximum absolute atomic E-state index is 10.8. The lowest BCUT2D eigenvalue weighted by atomic mass is 10.1. The van der Waals surface area contributed by atoms with Gasteiger partial charge in [-0.3, -0.25) is 4.79 Å². The first-order valence-electron chi connectivity index (χ1n) is 4.64. The summed E-state index contributed by atoms with van der Waals surface area (Å²) in [5.74, 6) is 0. The summed E-state index contributed by atoms with van der Waals surface area (Å²) in [7, 11) is 0. The Bertz CT molecular complexity index is 350. The summed E-state index contributed by atoms with van der Waals surface area (Å²) in [6.45, 7) is 7.96. The van der Waals surface area contributed by atoms with Crippen LogP contribution >= 0.6 is 11.6 Å². The maximum atomic E-state index is 10.8. The van der Waals surface area contributed by atoms with E-state index in [0.717, 1.165) is 18.4 Å². The van der Waals surface area contributed by atoms with Crippen LogP contribution in [0.4, 0.5) is 0 Å². The van der Waals surface area contributed by atoms with Gasteiger partial charge in [0.1, 0.15) is 5.15 Å². The second-order valence-electron chi connectivity index (χ2n) is 4.21. The molecule has 14 heavy (non-hydrogen) atoms. The predicted molar refractivity (Wildman–Crippen MR) is 57.0 cm³/mol. The molecule has 0 aliphatic carbocycles. The van der Waals surface area contributed by atoms with E-state index in [4.69, 9.17) is 11.6 Å². The molecule has 0 radical (unpaired) electrons. The molecule has 78 valence electrons. The van der Waals surface area contributed by atoms with Gasteiger partial charge in [-0.1, -0.05) is 18.5 Å². The van der Waals surface area contributed by atoms with Crippen LogP contribution in [0.15, 0.2) is 0 Å². The van der Waals surface area contributed by atoms with Crippen LogP contribution in [0.2, 0.25) is 5.15 Å². The largest absolute Gasteiger partial charge is 0.298 e. The number of aryl methyl sites for hydroxylation is 1. The van der Waals surface area contributed by atoms with Gasteiger partial charge in [-0.2, -0.15) is 5.10 Å². The Morgan fingerprint density at radius 2 is 2.07 bits per heavy atom. The van der Waals surface area contributed by atoms with E-state index in [1.165, 1.54) is 0 Å². The molecule has 1 rings (SSSR count). The van der Waals surface area contributed by atoms with E-state index in [2.05, 4.69) is 5.10 Å². The van der Waals surface area contributed by atoms with Gasteiger partial charge in [0.25, 0.3) is 0 Å². The summed E-state index contributed by atoms with van der Waals surface area (Å²) < 4.78 is 1.69. The molecule has 1 heterocycles. The van der Waals surface area contributed by atoms with Crippen molar-refractivity contribution in [3.8, 4) is 0 Å². The molecule has 0 amide bonds. The van der Waals surface area contributed by atoms with Gasteiger partial charge in [0, 0.05) is 0 Å². The Morgan fingerprint density at radius 1 is 1.50 bits per heavy atom. The summed E-state index contributed by atoms with van der Waals surface area (Å²) in [6.07, 6.45) is 1.49. The first-order valence-corrected chi connectivity index (χ1v) is 5.02. The molecule has 0 aliphatic heterocycles. The van der Waals surface area contributed by atoms with Crippen molar-refractivity contribution >= 4 is 17.9 Å². The summed E-state index contributed by atoms with van der Waals surface area (Å²) in [5, 5.41) is 4.76. The van der Waals surface area contributed by atoms with Crippen molar-refractivity contribution < 1.29 is 4.79 Å². The molecule has 1 aromatic rings. The number of carbonyl (C=O) groups excluding carboxylic acids is 1. The standard InChI is InChI=1S/C10H15ClN2O/c1-5-8-7(6-14)9(11)13(12-8)10(2,3)4/h6H,5H2,1-4H3. The second-order valence-corrected chi connectivity index (χ2v) is 4.56. The fourth-order valence-corrected chi connectivity index (χ4v) is 1.72. The van der Waals surface area contributed by atoms with Gasteiger partial charge < -0.3 is 0 Å². The van der Waals surface area contributed by atoms with Crippen molar-refractivity contribution in [2.45, 2.75) is 39.7 Å². The lowest BCUT2D eigenvalue weighted by Gasteiger charge is -2.20. The quantitative estimate of drug-likeness (QED) is 0.710. The van der Waals surface area contributed by atoms with Crippen molar-refractivity contribution in [3.63, 3.8) is 0 Å². The third-order valence-electron chi connectivity index (χ3n) is 2.03. The van der Waals surface area contributed by atoms with E-state index in [1.807, 2.05) is 27.7 Å². The number of nitrogens with zero attached hydrogens (tertiary/aromatic N) is 2. The molecule has 0 spiro atoms. The zero-order valence-electron chi connectivity index (χ0n) is 8.97. The zero-order chi connectivity index (χ0) is 10.9. The molecule has 0 fully saturated rings. The Hall–Kier alpha value is -0.830. The molecule has 0 aromatic carbocycles. The van der Waals surface area contributed by atoms with E-state index in [-0.39, 0.29) is 5.54 Å². The van der Waals surface area contributed by atoms with Gasteiger partial charge in [0.15, 0.2) is 6.29 Å². The minimum atomic E-state index is -0.192. The minimum Gasteiger partial charge on any atom is -0.298 e. The number of halogens is 1. The fourth-order valence-electron chi connectivity index (χ4n) is 1.27. The van der Waals surface area contributed by atoms with Gasteiger partial charge in [0.05, 0.1) is 16.8 Å². The highest BCUT2D eigenvalue weighted by atomic mass is 35.5. The molecule has 0 unspecified atom stereocenters. The topological polar surface area (TPSA) is 34.9 Å². The van der Waals surface area contributed by atoms with Crippen molar-refractivity contribution in [2.75, 3.05) is 0 Å². The molecule has 0 N–H and O–H groups in total. The molecule has 0 saturated heterocycles. The van der Waals surface area contributed by atoms with Crippen LogP contribution in [0.1, 0.15) is 43.7 Å². The number of carbonyl (C=O) groups is 1. The van der Waals surface area contributed by atoms with E-state index >= 15 is 0 Å². The number of hydrogen-bond donors (Lipinski definition) is 0. The van der Waals surface area contributed by atoms with Crippen LogP contribution in [0.3, 0.4) is 0 Å². The van der Waals surface area contributed by atoms with E-state index in [9.17, 15) is 4.79 Å². The zero-order valence-corrected chi connectivity index (χ0v) is 9.72. The van der Waals surface area contributed by atoms with E-state index in [1.54, 1.807) is 4.68 Å². The van der Waals surface area contributed by atoms with Crippen LogP contribution in [-0.2, 0) is 12.0 Å². The highest BCUT2D eigenvalue weighted by Crippen LogP contribution is 2.25. The van der Waals surface area contributed by atoms with Crippen LogP contribution in [0.25, 0.3) is 0 Å². The van der Waals surface area contributed by atoms with Crippen molar-refractivity contribution in [3.05, 3.63) is 16.4 Å². The Balaban J connectivity index is 3.35. The van der Waals surface area contributed by atoms with Gasteiger partial charge in [-0.05, 0) is 27.2 Å². The third kappa shape index (κ3) is 1.82. The minimum absolute atomic E-state index is 0.192. The van der Waals surface area contributed by atoms with E-state index < -0.39 is 0 Å². The summed E-state index contributed by atoms with van der Waals surface area (Å²) in [4.78, 5) is 10.8. The first kappa shape index (κ1) is 11.2. The second kappa shape index (κ2) is 3.73. The average molecular weight is 215 g/mol. The maximum Gasteiger partial charge on any atom is 0.155 e. The van der Waals surface area contributed by atoms with Crippen molar-refractivity contribution in [1.29, 1.82) is 0 Å². The molecule has 3 nitrogen and oxygen atoms in total. The van der Waals surface area contributed by atoms with Crippen LogP contribution in [0, 0.1) is 0 Å². The lowest BCUT2D eigenvalue weighted by molar-refractivity contribution is 0.112. The molecule has 0 bridgehead atoms. The Kier molecular flexibility index (Phi) is 3.00. The first-order chi connectivity index (χ1) is 6.41. The number of rotatable bonds is 2. The van der Waals surface area contributed by atoms with Gasteiger partial charge in [0.2, 0.25) is 0 Å². The fraction of sp³-hybridized carbons (Fsp3) is 0.600. The SMILES string of the molecule is CCc1nn(C(C)(C)C)c(Cl)c1C=O. The Labute approximate surface area is 89.1 Å². The summed E-state index contributed by atoms with van der Waals surface area (Å²) in [6, 6.07) is 0. The third-order valence-corrected chi connectivity index (χ3v) is 2.39. The van der Waals surface area contributed by atoms with Crippen molar-refractivity contribution in [2.24, 2.45) is 0 Å². The van der Waals surface area contributed by atoms with Crippen LogP contribution in [-0.4, -0.2) is 16.1 Å². The van der Waals surface area contributed by atoms with Crippen LogP contribution < -0.4 is 0 Å². The van der Waals surface area contributed by atoms with Crippen LogP contribution in [0.5, 0.6) is 0 Å². The highest BCUT2D eigenvalue weighted by molar-refractivity contribution is 6.32. The molecule has 1 aromatic heterocycles. The van der Waals surface area contributed by atoms with Crippen molar-refractivity contribution in [1.82, 2.24) is 9.78 Å². The average Bonchev–Trinajstić information content (AvgIpc) is 2.40. The number of hydrogen-bond acceptors (Lipinski definition) is 2. The summed E-state index contributed by atoms with van der Waals surface area (Å²) in [5.41, 5.74) is 1.09. The molecule has 0 aliphatic rings. The Morgan fingerprint density at radius 3 is 2.36 bits per heavy atom. The number of aromatic nitrogens is 2. The molecule has 0 saturated carbocycles. The van der Waals surface area contributed by atoms with Gasteiger partial charge in [-0.15, -0.1) is 0 Å². The highest BCUT2D eigenvalue weighted by Gasteiger charge is 2.22. The van der Waals surface area contributed by atoms with E-state index in [0.29, 0.717) is 10.7 Å². The van der Waals surface area contributed by atoms with Gasteiger partial charge in [-0.25, -0.2) is 4.68 Å². The molecule has 4 heteroatoms. The number of aldehydes is 1. The summed E-state index contributed by atoms with van der Waals surface area (Å²) >= 11 is 6.06. The van der Waals surface area contributed by atoms with Gasteiger partial charge >= 0.3 is 0 Å². The lowest BCUT2D eigenvalue weighted by Crippen LogP contribution is -2.23.